The Morgan fingerprint density at radius 2 is 1.88 bits per heavy atom. The van der Waals surface area contributed by atoms with Crippen molar-refractivity contribution in [1.82, 2.24) is 19.7 Å². The van der Waals surface area contributed by atoms with Crippen molar-refractivity contribution in [3.05, 3.63) is 24.3 Å². The van der Waals surface area contributed by atoms with Gasteiger partial charge in [-0.2, -0.15) is 4.98 Å². The van der Waals surface area contributed by atoms with Crippen molar-refractivity contribution in [2.45, 2.75) is 31.5 Å². The monoisotopic (exact) mass is 375 g/mol. The van der Waals surface area contributed by atoms with Crippen LogP contribution < -0.4 is 10.5 Å². The maximum Gasteiger partial charge on any atom is 0.249 e. The summed E-state index contributed by atoms with van der Waals surface area (Å²) < 4.78 is 31.0. The first-order valence-electron chi connectivity index (χ1n) is 7.93. The number of benzene rings is 1. The molecule has 0 aliphatic heterocycles. The molecule has 8 nitrogen and oxygen atoms in total. The van der Waals surface area contributed by atoms with E-state index in [2.05, 4.69) is 15.1 Å². The van der Waals surface area contributed by atoms with Crippen LogP contribution in [0.25, 0.3) is 22.3 Å². The molecule has 0 unspecified atom stereocenters. The van der Waals surface area contributed by atoms with Gasteiger partial charge in [0.05, 0.1) is 23.7 Å². The molecule has 0 aliphatic rings. The number of nitrogen functional groups attached to an aromatic ring is 1. The fraction of sp³-hybridized carbons (Fsp3) is 0.353. The van der Waals surface area contributed by atoms with Crippen LogP contribution in [0.2, 0.25) is 0 Å². The van der Waals surface area contributed by atoms with E-state index in [1.54, 1.807) is 30.0 Å². The lowest BCUT2D eigenvalue weighted by Gasteiger charge is -2.20. The van der Waals surface area contributed by atoms with Crippen LogP contribution in [-0.4, -0.2) is 41.5 Å². The van der Waals surface area contributed by atoms with E-state index in [4.69, 9.17) is 10.5 Å². The summed E-state index contributed by atoms with van der Waals surface area (Å²) in [5.41, 5.74) is 7.25. The molecule has 0 bridgehead atoms. The molecule has 0 saturated carbocycles. The van der Waals surface area contributed by atoms with Crippen LogP contribution in [0.3, 0.4) is 0 Å². The molecule has 0 amide bonds. The summed E-state index contributed by atoms with van der Waals surface area (Å²) in [6.45, 7) is 5.85. The molecule has 0 atom stereocenters. The summed E-state index contributed by atoms with van der Waals surface area (Å²) in [5.74, 6) is 1.00. The summed E-state index contributed by atoms with van der Waals surface area (Å²) in [6.07, 6.45) is 1.06. The Kier molecular flexibility index (Phi) is 4.14. The quantitative estimate of drug-likeness (QED) is 0.698. The second-order valence-electron chi connectivity index (χ2n) is 7.03. The minimum atomic E-state index is -3.62. The third-order valence-electron chi connectivity index (χ3n) is 3.86. The normalized spacial score (nSPS) is 12.5. The Balaban J connectivity index is 2.43. The Morgan fingerprint density at radius 3 is 2.46 bits per heavy atom. The fourth-order valence-electron chi connectivity index (χ4n) is 2.65. The van der Waals surface area contributed by atoms with Crippen LogP contribution in [0.5, 0.6) is 5.75 Å². The number of sulfone groups is 1. The van der Waals surface area contributed by atoms with Gasteiger partial charge in [-0.05, 0) is 32.9 Å². The summed E-state index contributed by atoms with van der Waals surface area (Å²) in [4.78, 5) is 8.41. The summed E-state index contributed by atoms with van der Waals surface area (Å²) in [5, 5.41) is 4.66. The lowest BCUT2D eigenvalue weighted by atomic mass is 10.1. The SMILES string of the molecule is COc1cccc(-c2nc(S(C)(=O)=O)nc3nn(C(C)(C)C)c(N)c23)c1. The van der Waals surface area contributed by atoms with Crippen molar-refractivity contribution in [2.75, 3.05) is 19.1 Å². The Hall–Kier alpha value is -2.68. The number of aromatic nitrogens is 4. The van der Waals surface area contributed by atoms with Crippen molar-refractivity contribution in [2.24, 2.45) is 0 Å². The molecule has 2 heterocycles. The van der Waals surface area contributed by atoms with Gasteiger partial charge in [-0.1, -0.05) is 12.1 Å². The number of rotatable bonds is 3. The molecule has 138 valence electrons. The fourth-order valence-corrected chi connectivity index (χ4v) is 3.16. The Bertz CT molecular complexity index is 1100. The van der Waals surface area contributed by atoms with Crippen molar-refractivity contribution in [1.29, 1.82) is 0 Å². The number of hydrogen-bond donors (Lipinski definition) is 1. The molecule has 9 heteroatoms. The topological polar surface area (TPSA) is 113 Å². The van der Waals surface area contributed by atoms with Gasteiger partial charge in [0.15, 0.2) is 5.65 Å². The minimum absolute atomic E-state index is 0.241. The van der Waals surface area contributed by atoms with Gasteiger partial charge in [0.25, 0.3) is 0 Å². The van der Waals surface area contributed by atoms with Gasteiger partial charge in [0.2, 0.25) is 15.0 Å². The maximum atomic E-state index is 12.1. The van der Waals surface area contributed by atoms with Crippen LogP contribution in [0.15, 0.2) is 29.4 Å². The van der Waals surface area contributed by atoms with E-state index < -0.39 is 15.4 Å². The van der Waals surface area contributed by atoms with E-state index in [1.807, 2.05) is 26.8 Å². The molecular weight excluding hydrogens is 354 g/mol. The van der Waals surface area contributed by atoms with Gasteiger partial charge in [0.1, 0.15) is 11.6 Å². The van der Waals surface area contributed by atoms with Gasteiger partial charge in [-0.3, -0.25) is 0 Å². The van der Waals surface area contributed by atoms with Gasteiger partial charge in [0, 0.05) is 11.8 Å². The van der Waals surface area contributed by atoms with Crippen LogP contribution >= 0.6 is 0 Å². The van der Waals surface area contributed by atoms with Crippen LogP contribution in [0.4, 0.5) is 5.82 Å². The van der Waals surface area contributed by atoms with Gasteiger partial charge in [-0.25, -0.2) is 18.1 Å². The van der Waals surface area contributed by atoms with E-state index in [-0.39, 0.29) is 10.8 Å². The van der Waals surface area contributed by atoms with Gasteiger partial charge < -0.3 is 10.5 Å². The highest BCUT2D eigenvalue weighted by Crippen LogP contribution is 2.34. The molecule has 0 spiro atoms. The zero-order chi connectivity index (χ0) is 19.3. The molecule has 0 saturated heterocycles. The van der Waals surface area contributed by atoms with E-state index >= 15 is 0 Å². The lowest BCUT2D eigenvalue weighted by molar-refractivity contribution is 0.364. The minimum Gasteiger partial charge on any atom is -0.497 e. The van der Waals surface area contributed by atoms with E-state index in [9.17, 15) is 8.42 Å². The number of nitrogens with zero attached hydrogens (tertiary/aromatic N) is 4. The van der Waals surface area contributed by atoms with Gasteiger partial charge in [-0.15, -0.1) is 5.10 Å². The second-order valence-corrected chi connectivity index (χ2v) is 8.93. The Morgan fingerprint density at radius 1 is 1.19 bits per heavy atom. The van der Waals surface area contributed by atoms with E-state index in [0.717, 1.165) is 6.26 Å². The molecule has 2 N–H and O–H groups in total. The first-order valence-corrected chi connectivity index (χ1v) is 9.82. The number of nitrogens with two attached hydrogens (primary N) is 1. The first kappa shape index (κ1) is 18.1. The highest BCUT2D eigenvalue weighted by Gasteiger charge is 2.26. The van der Waals surface area contributed by atoms with E-state index in [1.165, 1.54) is 0 Å². The molecule has 0 fully saturated rings. The third kappa shape index (κ3) is 3.10. The number of fused-ring (bicyclic) bond motifs is 1. The number of anilines is 1. The molecule has 26 heavy (non-hydrogen) atoms. The molecule has 3 rings (SSSR count). The summed E-state index contributed by atoms with van der Waals surface area (Å²) in [6, 6.07) is 7.17. The molecule has 1 aromatic carbocycles. The summed E-state index contributed by atoms with van der Waals surface area (Å²) >= 11 is 0. The van der Waals surface area contributed by atoms with Crippen molar-refractivity contribution in [3.8, 4) is 17.0 Å². The average molecular weight is 375 g/mol. The number of hydrogen-bond acceptors (Lipinski definition) is 7. The lowest BCUT2D eigenvalue weighted by Crippen LogP contribution is -2.24. The highest BCUT2D eigenvalue weighted by molar-refractivity contribution is 7.90. The molecule has 0 aliphatic carbocycles. The highest BCUT2D eigenvalue weighted by atomic mass is 32.2. The predicted octanol–water partition coefficient (Wildman–Crippen LogP) is 2.24. The van der Waals surface area contributed by atoms with Crippen LogP contribution in [-0.2, 0) is 15.4 Å². The zero-order valence-corrected chi connectivity index (χ0v) is 16.1. The molecular formula is C17H21N5O3S. The summed E-state index contributed by atoms with van der Waals surface area (Å²) in [7, 11) is -2.06. The van der Waals surface area contributed by atoms with Gasteiger partial charge >= 0.3 is 0 Å². The van der Waals surface area contributed by atoms with Crippen LogP contribution in [0, 0.1) is 0 Å². The molecule has 3 aromatic rings. The smallest absolute Gasteiger partial charge is 0.249 e. The van der Waals surface area contributed by atoms with E-state index in [0.29, 0.717) is 28.2 Å². The Labute approximate surface area is 151 Å². The largest absolute Gasteiger partial charge is 0.497 e. The van der Waals surface area contributed by atoms with Crippen molar-refractivity contribution < 1.29 is 13.2 Å². The zero-order valence-electron chi connectivity index (χ0n) is 15.3. The van der Waals surface area contributed by atoms with Crippen molar-refractivity contribution >= 4 is 26.7 Å². The van der Waals surface area contributed by atoms with Crippen LogP contribution in [0.1, 0.15) is 20.8 Å². The number of ether oxygens (including phenoxy) is 1. The molecule has 2 aromatic heterocycles. The maximum absolute atomic E-state index is 12.1. The first-order chi connectivity index (χ1) is 12.0. The van der Waals surface area contributed by atoms with Crippen molar-refractivity contribution in [3.63, 3.8) is 0 Å². The second kappa shape index (κ2) is 5.94. The average Bonchev–Trinajstić information content (AvgIpc) is 2.90. The molecule has 0 radical (unpaired) electrons. The standard InChI is InChI=1S/C17H21N5O3S/c1-17(2,3)22-14(18)12-13(10-7-6-8-11(9-10)25-4)19-16(26(5,23)24)20-15(12)21-22/h6-9H,18H2,1-5H3. The predicted molar refractivity (Wildman–Crippen MR) is 99.8 cm³/mol. The third-order valence-corrected chi connectivity index (χ3v) is 4.70. The number of methoxy groups -OCH3 is 1.